The predicted molar refractivity (Wildman–Crippen MR) is 427 cm³/mol. The zero-order valence-electron chi connectivity index (χ0n) is 67.8. The van der Waals surface area contributed by atoms with E-state index in [1.165, 1.54) is 231 Å². The Balaban J connectivity index is 5.29. The van der Waals surface area contributed by atoms with E-state index in [-0.39, 0.29) is 25.7 Å². The molecule has 0 amide bonds. The lowest BCUT2D eigenvalue weighted by molar-refractivity contribution is -0.161. The van der Waals surface area contributed by atoms with Gasteiger partial charge in [0.15, 0.2) is 12.2 Å². The van der Waals surface area contributed by atoms with E-state index in [2.05, 4.69) is 65.8 Å². The van der Waals surface area contributed by atoms with Crippen LogP contribution in [0.25, 0.3) is 0 Å². The van der Waals surface area contributed by atoms with Gasteiger partial charge in [0.05, 0.1) is 26.4 Å². The summed E-state index contributed by atoms with van der Waals surface area (Å²) in [5.74, 6) is -0.588. The number of hydrogen-bond donors (Lipinski definition) is 3. The van der Waals surface area contributed by atoms with Gasteiger partial charge in [0.25, 0.3) is 0 Å². The number of carbonyl (C=O) groups is 4. The number of carbonyl (C=O) groups excluding carboxylic acids is 4. The highest BCUT2D eigenvalue weighted by Crippen LogP contribution is 2.45. The minimum Gasteiger partial charge on any atom is -0.462 e. The second kappa shape index (κ2) is 75.9. The highest BCUT2D eigenvalue weighted by molar-refractivity contribution is 7.47. The molecule has 0 aliphatic rings. The van der Waals surface area contributed by atoms with Crippen LogP contribution in [0, 0.1) is 11.8 Å². The summed E-state index contributed by atoms with van der Waals surface area (Å²) in [6, 6.07) is 0. The molecule has 0 spiro atoms. The van der Waals surface area contributed by atoms with E-state index in [0.29, 0.717) is 25.7 Å². The van der Waals surface area contributed by atoms with Crippen LogP contribution >= 0.6 is 15.6 Å². The smallest absolute Gasteiger partial charge is 0.462 e. The third kappa shape index (κ3) is 77.7. The quantitative estimate of drug-likeness (QED) is 0.0169. The third-order valence-electron chi connectivity index (χ3n) is 19.3. The van der Waals surface area contributed by atoms with Crippen LogP contribution in [-0.4, -0.2) is 96.7 Å². The summed E-state index contributed by atoms with van der Waals surface area (Å²) in [7, 11) is -9.94. The van der Waals surface area contributed by atoms with Crippen LogP contribution in [0.1, 0.15) is 427 Å². The van der Waals surface area contributed by atoms with Gasteiger partial charge in [-0.15, -0.1) is 0 Å². The number of allylic oxidation sites excluding steroid dienone is 4. The Labute approximate surface area is 637 Å². The van der Waals surface area contributed by atoms with Gasteiger partial charge in [-0.2, -0.15) is 0 Å². The molecule has 0 aliphatic carbocycles. The molecular formula is C85H162O17P2. The van der Waals surface area contributed by atoms with Crippen LogP contribution in [0.4, 0.5) is 0 Å². The van der Waals surface area contributed by atoms with Crippen molar-refractivity contribution < 1.29 is 80.2 Å². The van der Waals surface area contributed by atoms with Crippen molar-refractivity contribution in [1.82, 2.24) is 0 Å². The molecule has 0 bridgehead atoms. The number of rotatable bonds is 82. The van der Waals surface area contributed by atoms with Crippen LogP contribution in [0.15, 0.2) is 24.3 Å². The van der Waals surface area contributed by atoms with Gasteiger partial charge in [-0.05, 0) is 63.2 Å². The molecule has 0 aromatic heterocycles. The summed E-state index contributed by atoms with van der Waals surface area (Å²) in [4.78, 5) is 73.2. The Kier molecular flexibility index (Phi) is 74.1. The number of unbranched alkanes of at least 4 members (excludes halogenated alkanes) is 49. The molecular weight excluding hydrogens is 1350 g/mol. The lowest BCUT2D eigenvalue weighted by atomic mass is 10.0. The highest BCUT2D eigenvalue weighted by Gasteiger charge is 2.30. The standard InChI is InChI=1S/C85H162O17P2/c1-7-9-11-13-15-17-19-21-23-24-25-26-30-35-39-45-52-58-64-70-85(90)101-80(73-95-82(87)67-61-55-49-43-37-33-31-27-29-32-36-41-47-53-59-65-77(3)4)75-99-103(91,92)97-71-79(86)72-98-104(93,94)100-76-81(74-96-83(88)68-62-56-50-46-40-42-48-54-60-66-78(5)6)102-84(89)69-63-57-51-44-38-34-28-22-20-18-16-14-12-10-8-2/h18,20,22,28,77-81,86H,7-17,19,21,23-27,29-76H2,1-6H3,(H,91,92)(H,93,94)/b20-18-,28-22-/t79-,80-,81-/m1/s1. The number of ether oxygens (including phenoxy) is 4. The fraction of sp³-hybridized carbons (Fsp3) is 0.906. The summed E-state index contributed by atoms with van der Waals surface area (Å²) in [6.07, 6.45) is 70.2. The van der Waals surface area contributed by atoms with E-state index in [1.54, 1.807) is 0 Å². The first-order valence-corrected chi connectivity index (χ1v) is 46.3. The van der Waals surface area contributed by atoms with Crippen molar-refractivity contribution in [3.8, 4) is 0 Å². The van der Waals surface area contributed by atoms with E-state index in [0.717, 1.165) is 115 Å². The largest absolute Gasteiger partial charge is 0.472 e. The van der Waals surface area contributed by atoms with E-state index in [1.807, 2.05) is 0 Å². The van der Waals surface area contributed by atoms with Crippen molar-refractivity contribution in [3.63, 3.8) is 0 Å². The van der Waals surface area contributed by atoms with E-state index in [4.69, 9.17) is 37.0 Å². The maximum atomic E-state index is 13.1. The van der Waals surface area contributed by atoms with Gasteiger partial charge < -0.3 is 33.8 Å². The number of esters is 4. The van der Waals surface area contributed by atoms with Crippen LogP contribution < -0.4 is 0 Å². The van der Waals surface area contributed by atoms with Crippen LogP contribution in [0.3, 0.4) is 0 Å². The van der Waals surface area contributed by atoms with Crippen LogP contribution in [-0.2, 0) is 65.4 Å². The zero-order valence-corrected chi connectivity index (χ0v) is 69.6. The Bertz CT molecular complexity index is 2090. The lowest BCUT2D eigenvalue weighted by Gasteiger charge is -2.21. The van der Waals surface area contributed by atoms with E-state index in [9.17, 15) is 43.2 Å². The van der Waals surface area contributed by atoms with Crippen molar-refractivity contribution in [2.75, 3.05) is 39.6 Å². The number of aliphatic hydroxyl groups is 1. The Hall–Kier alpha value is -2.46. The number of hydrogen-bond acceptors (Lipinski definition) is 15. The predicted octanol–water partition coefficient (Wildman–Crippen LogP) is 25.4. The molecule has 2 unspecified atom stereocenters. The molecule has 17 nitrogen and oxygen atoms in total. The zero-order chi connectivity index (χ0) is 76.4. The van der Waals surface area contributed by atoms with Gasteiger partial charge in [0.1, 0.15) is 19.3 Å². The SMILES string of the molecule is CCCCCC/C=C\C=C/CCCCCCCC(=O)O[C@H](COC(=O)CCCCCCCCCCCC(C)C)COP(=O)(O)OC[C@H](O)COP(=O)(O)OC[C@@H](COC(=O)CCCCCCCCCCCCCCCCCC(C)C)OC(=O)CCCCCCCCCCCCCCCCCCCCC. The molecule has 0 saturated heterocycles. The topological polar surface area (TPSA) is 237 Å². The summed E-state index contributed by atoms with van der Waals surface area (Å²) >= 11 is 0. The molecule has 0 heterocycles. The minimum atomic E-state index is -4.97. The molecule has 0 aromatic rings. The molecule has 0 saturated carbocycles. The summed E-state index contributed by atoms with van der Waals surface area (Å²) < 4.78 is 68.8. The van der Waals surface area contributed by atoms with Crippen molar-refractivity contribution >= 4 is 39.5 Å². The number of phosphoric ester groups is 2. The molecule has 5 atom stereocenters. The molecule has 104 heavy (non-hydrogen) atoms. The van der Waals surface area contributed by atoms with Gasteiger partial charge >= 0.3 is 39.5 Å². The average molecular weight is 1520 g/mol. The van der Waals surface area contributed by atoms with E-state index >= 15 is 0 Å². The van der Waals surface area contributed by atoms with Gasteiger partial charge in [-0.25, -0.2) is 9.13 Å². The lowest BCUT2D eigenvalue weighted by Crippen LogP contribution is -2.30. The van der Waals surface area contributed by atoms with Crippen LogP contribution in [0.2, 0.25) is 0 Å². The van der Waals surface area contributed by atoms with Gasteiger partial charge in [-0.3, -0.25) is 37.3 Å². The molecule has 0 aliphatic heterocycles. The number of aliphatic hydroxyl groups excluding tert-OH is 1. The Morgan fingerprint density at radius 1 is 0.298 bits per heavy atom. The van der Waals surface area contributed by atoms with Gasteiger partial charge in [0, 0.05) is 25.7 Å². The second-order valence-corrected chi connectivity index (χ2v) is 33.7. The molecule has 0 aromatic carbocycles. The summed E-state index contributed by atoms with van der Waals surface area (Å²) in [5, 5.41) is 10.7. The fourth-order valence-electron chi connectivity index (χ4n) is 12.7. The van der Waals surface area contributed by atoms with Crippen molar-refractivity contribution in [3.05, 3.63) is 24.3 Å². The van der Waals surface area contributed by atoms with Gasteiger partial charge in [0.2, 0.25) is 0 Å². The Morgan fingerprint density at radius 3 is 0.788 bits per heavy atom. The first-order valence-electron chi connectivity index (χ1n) is 43.3. The number of phosphoric acid groups is 2. The molecule has 0 fully saturated rings. The average Bonchev–Trinajstić information content (AvgIpc) is 0.904. The first kappa shape index (κ1) is 102. The molecule has 3 N–H and O–H groups in total. The summed E-state index contributed by atoms with van der Waals surface area (Å²) in [5.41, 5.74) is 0. The maximum absolute atomic E-state index is 13.1. The van der Waals surface area contributed by atoms with Crippen LogP contribution in [0.5, 0.6) is 0 Å². The Morgan fingerprint density at radius 2 is 0.519 bits per heavy atom. The third-order valence-corrected chi connectivity index (χ3v) is 21.2. The van der Waals surface area contributed by atoms with E-state index < -0.39 is 97.5 Å². The molecule has 0 radical (unpaired) electrons. The van der Waals surface area contributed by atoms with Gasteiger partial charge in [-0.1, -0.05) is 374 Å². The van der Waals surface area contributed by atoms with Crippen molar-refractivity contribution in [1.29, 1.82) is 0 Å². The molecule has 19 heteroatoms. The van der Waals surface area contributed by atoms with Crippen molar-refractivity contribution in [2.24, 2.45) is 11.8 Å². The highest BCUT2D eigenvalue weighted by atomic mass is 31.2. The first-order chi connectivity index (χ1) is 50.4. The normalized spacial score (nSPS) is 14.0. The molecule has 0 rings (SSSR count). The monoisotopic (exact) mass is 1520 g/mol. The minimum absolute atomic E-state index is 0.0849. The second-order valence-electron chi connectivity index (χ2n) is 30.8. The molecule has 614 valence electrons. The maximum Gasteiger partial charge on any atom is 0.472 e. The summed E-state index contributed by atoms with van der Waals surface area (Å²) in [6.45, 7) is 9.60. The fourth-order valence-corrected chi connectivity index (χ4v) is 14.3. The van der Waals surface area contributed by atoms with Crippen molar-refractivity contribution in [2.45, 2.75) is 445 Å².